The number of rotatable bonds is 8. The maximum atomic E-state index is 11.6. The van der Waals surface area contributed by atoms with Crippen molar-refractivity contribution < 1.29 is 14.7 Å². The Bertz CT molecular complexity index is 323. The van der Waals surface area contributed by atoms with E-state index in [1.54, 1.807) is 0 Å². The van der Waals surface area contributed by atoms with E-state index in [0.29, 0.717) is 24.8 Å². The molecule has 0 aromatic carbocycles. The van der Waals surface area contributed by atoms with Crippen LogP contribution in [0.5, 0.6) is 0 Å². The molecule has 2 atom stereocenters. The van der Waals surface area contributed by atoms with E-state index in [4.69, 9.17) is 5.11 Å². The van der Waals surface area contributed by atoms with Crippen LogP contribution in [0, 0.1) is 11.8 Å². The predicted molar refractivity (Wildman–Crippen MR) is 77.7 cm³/mol. The highest BCUT2D eigenvalue weighted by atomic mass is 16.4. The Balaban J connectivity index is 2.01. The summed E-state index contributed by atoms with van der Waals surface area (Å²) in [5.41, 5.74) is 0. The van der Waals surface area contributed by atoms with Crippen LogP contribution in [0.15, 0.2) is 0 Å². The highest BCUT2D eigenvalue weighted by Crippen LogP contribution is 2.12. The Morgan fingerprint density at radius 1 is 1.35 bits per heavy atom. The van der Waals surface area contributed by atoms with Gasteiger partial charge in [-0.05, 0) is 44.7 Å². The van der Waals surface area contributed by atoms with Crippen LogP contribution in [-0.2, 0) is 4.79 Å². The van der Waals surface area contributed by atoms with E-state index >= 15 is 0 Å². The van der Waals surface area contributed by atoms with Gasteiger partial charge in [0.05, 0.1) is 0 Å². The minimum absolute atomic E-state index is 0.120. The summed E-state index contributed by atoms with van der Waals surface area (Å²) in [5.74, 6) is 0.110. The van der Waals surface area contributed by atoms with Crippen LogP contribution in [-0.4, -0.2) is 55.2 Å². The number of carbonyl (C=O) groups is 2. The number of hydrogen-bond acceptors (Lipinski definition) is 3. The van der Waals surface area contributed by atoms with E-state index in [9.17, 15) is 9.59 Å². The lowest BCUT2D eigenvalue weighted by Gasteiger charge is -2.14. The zero-order valence-electron chi connectivity index (χ0n) is 12.5. The SMILES string of the molecule is CC(CCNC(=O)NCC1CCN(C)C1)CCC(=O)O. The topological polar surface area (TPSA) is 81.7 Å². The minimum atomic E-state index is -0.760. The van der Waals surface area contributed by atoms with Crippen LogP contribution < -0.4 is 10.6 Å². The number of hydrogen-bond donors (Lipinski definition) is 3. The Kier molecular flexibility index (Phi) is 7.36. The lowest BCUT2D eigenvalue weighted by atomic mass is 10.0. The summed E-state index contributed by atoms with van der Waals surface area (Å²) in [6.45, 7) is 5.49. The molecule has 1 saturated heterocycles. The first-order chi connectivity index (χ1) is 9.47. The Morgan fingerprint density at radius 3 is 2.70 bits per heavy atom. The van der Waals surface area contributed by atoms with Crippen molar-refractivity contribution in [3.05, 3.63) is 0 Å². The third kappa shape index (κ3) is 7.33. The van der Waals surface area contributed by atoms with E-state index in [1.807, 2.05) is 6.92 Å². The van der Waals surface area contributed by atoms with Gasteiger partial charge in [0.2, 0.25) is 0 Å². The van der Waals surface area contributed by atoms with Crippen molar-refractivity contribution in [2.75, 3.05) is 33.2 Å². The number of carboxylic acid groups (broad SMARTS) is 1. The van der Waals surface area contributed by atoms with Gasteiger partial charge in [-0.1, -0.05) is 6.92 Å². The summed E-state index contributed by atoms with van der Waals surface area (Å²) >= 11 is 0. The van der Waals surface area contributed by atoms with Crippen LogP contribution in [0.2, 0.25) is 0 Å². The first-order valence-electron chi connectivity index (χ1n) is 7.39. The number of nitrogens with one attached hydrogen (secondary N) is 2. The second-order valence-corrected chi connectivity index (χ2v) is 5.88. The molecule has 1 heterocycles. The maximum Gasteiger partial charge on any atom is 0.314 e. The van der Waals surface area contributed by atoms with E-state index in [2.05, 4.69) is 22.6 Å². The molecule has 0 spiro atoms. The summed E-state index contributed by atoms with van der Waals surface area (Å²) in [6, 6.07) is -0.120. The standard InChI is InChI=1S/C14H27N3O3/c1-11(3-4-13(18)19)5-7-15-14(20)16-9-12-6-8-17(2)10-12/h11-12H,3-10H2,1-2H3,(H,18,19)(H2,15,16,20). The summed E-state index contributed by atoms with van der Waals surface area (Å²) in [5, 5.41) is 14.3. The van der Waals surface area contributed by atoms with Crippen molar-refractivity contribution >= 4 is 12.0 Å². The van der Waals surface area contributed by atoms with Crippen molar-refractivity contribution in [3.8, 4) is 0 Å². The van der Waals surface area contributed by atoms with Crippen LogP contribution in [0.4, 0.5) is 4.79 Å². The fourth-order valence-electron chi connectivity index (χ4n) is 2.44. The molecule has 20 heavy (non-hydrogen) atoms. The molecule has 0 aromatic heterocycles. The summed E-state index contributed by atoms with van der Waals surface area (Å²) in [4.78, 5) is 24.3. The first-order valence-corrected chi connectivity index (χ1v) is 7.39. The number of urea groups is 1. The van der Waals surface area contributed by atoms with Gasteiger partial charge >= 0.3 is 12.0 Å². The molecule has 1 aliphatic rings. The lowest BCUT2D eigenvalue weighted by molar-refractivity contribution is -0.137. The van der Waals surface area contributed by atoms with E-state index in [1.165, 1.54) is 0 Å². The lowest BCUT2D eigenvalue weighted by Crippen LogP contribution is -2.39. The third-order valence-corrected chi connectivity index (χ3v) is 3.81. The second-order valence-electron chi connectivity index (χ2n) is 5.88. The van der Waals surface area contributed by atoms with Crippen LogP contribution in [0.25, 0.3) is 0 Å². The maximum absolute atomic E-state index is 11.6. The third-order valence-electron chi connectivity index (χ3n) is 3.81. The normalized spacial score (nSPS) is 20.6. The number of likely N-dealkylation sites (tertiary alicyclic amines) is 1. The molecule has 0 aromatic rings. The number of carbonyl (C=O) groups excluding carboxylic acids is 1. The van der Waals surface area contributed by atoms with Gasteiger partial charge in [-0.15, -0.1) is 0 Å². The van der Waals surface area contributed by atoms with E-state index < -0.39 is 5.97 Å². The molecule has 116 valence electrons. The number of aliphatic carboxylic acids is 1. The summed E-state index contributed by atoms with van der Waals surface area (Å²) in [7, 11) is 2.10. The van der Waals surface area contributed by atoms with Crippen LogP contribution in [0.1, 0.15) is 32.6 Å². The monoisotopic (exact) mass is 285 g/mol. The van der Waals surface area contributed by atoms with Gasteiger partial charge < -0.3 is 20.6 Å². The molecule has 2 unspecified atom stereocenters. The average Bonchev–Trinajstić information content (AvgIpc) is 2.80. The van der Waals surface area contributed by atoms with Gasteiger partial charge in [0.25, 0.3) is 0 Å². The highest BCUT2D eigenvalue weighted by Gasteiger charge is 2.19. The number of carboxylic acids is 1. The van der Waals surface area contributed by atoms with Crippen molar-refractivity contribution in [2.45, 2.75) is 32.6 Å². The molecule has 6 heteroatoms. The summed E-state index contributed by atoms with van der Waals surface area (Å²) in [6.07, 6.45) is 2.81. The first kappa shape index (κ1) is 16.8. The molecule has 2 amide bonds. The largest absolute Gasteiger partial charge is 0.481 e. The number of amides is 2. The fourth-order valence-corrected chi connectivity index (χ4v) is 2.44. The Morgan fingerprint density at radius 2 is 2.10 bits per heavy atom. The van der Waals surface area contributed by atoms with E-state index in [-0.39, 0.29) is 12.5 Å². The molecule has 6 nitrogen and oxygen atoms in total. The summed E-state index contributed by atoms with van der Waals surface area (Å²) < 4.78 is 0. The molecule has 1 fully saturated rings. The highest BCUT2D eigenvalue weighted by molar-refractivity contribution is 5.73. The van der Waals surface area contributed by atoms with E-state index in [0.717, 1.165) is 32.5 Å². The van der Waals surface area contributed by atoms with Gasteiger partial charge in [0.1, 0.15) is 0 Å². The van der Waals surface area contributed by atoms with Gasteiger partial charge in [-0.2, -0.15) is 0 Å². The zero-order chi connectivity index (χ0) is 15.0. The average molecular weight is 285 g/mol. The Labute approximate surface area is 120 Å². The molecule has 0 saturated carbocycles. The molecule has 3 N–H and O–H groups in total. The van der Waals surface area contributed by atoms with Crippen molar-refractivity contribution in [3.63, 3.8) is 0 Å². The van der Waals surface area contributed by atoms with Crippen molar-refractivity contribution in [1.82, 2.24) is 15.5 Å². The molecular formula is C14H27N3O3. The number of nitrogens with zero attached hydrogens (tertiary/aromatic N) is 1. The van der Waals surface area contributed by atoms with Crippen LogP contribution in [0.3, 0.4) is 0 Å². The van der Waals surface area contributed by atoms with Gasteiger partial charge in [-0.25, -0.2) is 4.79 Å². The molecule has 1 rings (SSSR count). The van der Waals surface area contributed by atoms with Gasteiger partial charge in [0.15, 0.2) is 0 Å². The smallest absolute Gasteiger partial charge is 0.314 e. The molecule has 0 radical (unpaired) electrons. The minimum Gasteiger partial charge on any atom is -0.481 e. The van der Waals surface area contributed by atoms with Gasteiger partial charge in [-0.3, -0.25) is 4.79 Å². The molecule has 0 bridgehead atoms. The zero-order valence-corrected chi connectivity index (χ0v) is 12.5. The molecular weight excluding hydrogens is 258 g/mol. The van der Waals surface area contributed by atoms with Crippen molar-refractivity contribution in [1.29, 1.82) is 0 Å². The fraction of sp³-hybridized carbons (Fsp3) is 0.857. The van der Waals surface area contributed by atoms with Gasteiger partial charge in [0, 0.05) is 26.1 Å². The second kappa shape index (κ2) is 8.79. The molecule has 1 aliphatic heterocycles. The van der Waals surface area contributed by atoms with Crippen molar-refractivity contribution in [2.24, 2.45) is 11.8 Å². The quantitative estimate of drug-likeness (QED) is 0.624. The molecule has 0 aliphatic carbocycles. The Hall–Kier alpha value is -1.30. The van der Waals surface area contributed by atoms with Crippen LogP contribution >= 0.6 is 0 Å². The predicted octanol–water partition coefficient (Wildman–Crippen LogP) is 1.13.